The van der Waals surface area contributed by atoms with Gasteiger partial charge in [-0.05, 0) is 13.8 Å². The normalized spacial score (nSPS) is 17.4. The van der Waals surface area contributed by atoms with Gasteiger partial charge in [0.1, 0.15) is 5.69 Å². The highest BCUT2D eigenvalue weighted by atomic mass is 16.6. The molecular weight excluding hydrogens is 276 g/mol. The molecule has 1 fully saturated rings. The number of rotatable bonds is 5. The molecule has 3 N–H and O–H groups in total. The van der Waals surface area contributed by atoms with Gasteiger partial charge in [0, 0.05) is 25.7 Å². The first kappa shape index (κ1) is 15.4. The van der Waals surface area contributed by atoms with Crippen molar-refractivity contribution in [2.45, 2.75) is 19.9 Å². The number of anilines is 2. The minimum atomic E-state index is -0.488. The predicted molar refractivity (Wildman–Crippen MR) is 78.2 cm³/mol. The molecule has 21 heavy (non-hydrogen) atoms. The summed E-state index contributed by atoms with van der Waals surface area (Å²) in [7, 11) is 0. The van der Waals surface area contributed by atoms with Crippen molar-refractivity contribution >= 4 is 17.5 Å². The van der Waals surface area contributed by atoms with E-state index >= 15 is 0 Å². The lowest BCUT2D eigenvalue weighted by Crippen LogP contribution is -2.42. The number of hydrogen-bond donors (Lipinski definition) is 2. The highest BCUT2D eigenvalue weighted by molar-refractivity contribution is 5.60. The van der Waals surface area contributed by atoms with Crippen LogP contribution >= 0.6 is 0 Å². The van der Waals surface area contributed by atoms with E-state index in [4.69, 9.17) is 10.5 Å². The van der Waals surface area contributed by atoms with Gasteiger partial charge in [0.25, 0.3) is 0 Å². The molecule has 9 nitrogen and oxygen atoms in total. The van der Waals surface area contributed by atoms with Gasteiger partial charge in [-0.1, -0.05) is 0 Å². The summed E-state index contributed by atoms with van der Waals surface area (Å²) in [6.07, 6.45) is 0. The largest absolute Gasteiger partial charge is 0.379 e. The van der Waals surface area contributed by atoms with Gasteiger partial charge in [-0.3, -0.25) is 15.0 Å². The Bertz CT molecular complexity index is 518. The molecule has 1 aliphatic heterocycles. The monoisotopic (exact) mass is 296 g/mol. The second-order valence-corrected chi connectivity index (χ2v) is 5.08. The van der Waals surface area contributed by atoms with Crippen molar-refractivity contribution in [1.29, 1.82) is 0 Å². The van der Waals surface area contributed by atoms with Gasteiger partial charge in [0.05, 0.1) is 18.1 Å². The lowest BCUT2D eigenvalue weighted by Gasteiger charge is -2.29. The van der Waals surface area contributed by atoms with Gasteiger partial charge >= 0.3 is 5.69 Å². The number of morpholine rings is 1. The van der Waals surface area contributed by atoms with E-state index in [9.17, 15) is 10.1 Å². The first-order valence-electron chi connectivity index (χ1n) is 6.82. The zero-order valence-corrected chi connectivity index (χ0v) is 12.2. The van der Waals surface area contributed by atoms with E-state index in [0.717, 1.165) is 19.6 Å². The van der Waals surface area contributed by atoms with Crippen LogP contribution in [0.1, 0.15) is 12.6 Å². The van der Waals surface area contributed by atoms with Crippen molar-refractivity contribution < 1.29 is 9.66 Å². The Morgan fingerprint density at radius 1 is 1.48 bits per heavy atom. The van der Waals surface area contributed by atoms with Gasteiger partial charge in [0.2, 0.25) is 11.8 Å². The maximum Gasteiger partial charge on any atom is 0.332 e. The fourth-order valence-corrected chi connectivity index (χ4v) is 2.36. The number of nitrogens with zero attached hydrogens (tertiary/aromatic N) is 4. The van der Waals surface area contributed by atoms with Gasteiger partial charge in [0.15, 0.2) is 0 Å². The van der Waals surface area contributed by atoms with E-state index in [-0.39, 0.29) is 29.2 Å². The summed E-state index contributed by atoms with van der Waals surface area (Å²) >= 11 is 0. The first-order chi connectivity index (χ1) is 9.97. The van der Waals surface area contributed by atoms with Gasteiger partial charge < -0.3 is 15.8 Å². The molecule has 1 aromatic rings. The fraction of sp³-hybridized carbons (Fsp3) is 0.667. The summed E-state index contributed by atoms with van der Waals surface area (Å²) in [6.45, 7) is 7.40. The molecule has 2 heterocycles. The molecule has 1 saturated heterocycles. The summed E-state index contributed by atoms with van der Waals surface area (Å²) in [5.41, 5.74) is 5.71. The Morgan fingerprint density at radius 3 is 2.76 bits per heavy atom. The lowest BCUT2D eigenvalue weighted by molar-refractivity contribution is -0.385. The van der Waals surface area contributed by atoms with Crippen molar-refractivity contribution in [3.63, 3.8) is 0 Å². The van der Waals surface area contributed by atoms with E-state index in [1.54, 1.807) is 6.92 Å². The standard InChI is InChI=1S/C12H20N6O3/c1-8(7-17-3-5-21-6-4-17)14-11-10(18(19)20)9(2)15-12(13)16-11/h8H,3-7H2,1-2H3,(H3,13,14,15,16). The lowest BCUT2D eigenvalue weighted by atomic mass is 10.2. The maximum atomic E-state index is 11.1. The van der Waals surface area contributed by atoms with Gasteiger partial charge in [-0.25, -0.2) is 4.98 Å². The van der Waals surface area contributed by atoms with Crippen molar-refractivity contribution in [2.24, 2.45) is 0 Å². The molecular formula is C12H20N6O3. The molecule has 9 heteroatoms. The number of hydrogen-bond acceptors (Lipinski definition) is 8. The van der Waals surface area contributed by atoms with Crippen LogP contribution in [-0.4, -0.2) is 58.7 Å². The van der Waals surface area contributed by atoms with E-state index in [2.05, 4.69) is 20.2 Å². The summed E-state index contributed by atoms with van der Waals surface area (Å²) in [5, 5.41) is 14.2. The molecule has 0 aliphatic carbocycles. The number of nitro groups is 1. The third-order valence-corrected chi connectivity index (χ3v) is 3.28. The average molecular weight is 296 g/mol. The topological polar surface area (TPSA) is 119 Å². The number of nitrogen functional groups attached to an aromatic ring is 1. The Labute approximate surface area is 122 Å². The van der Waals surface area contributed by atoms with Crippen LogP contribution in [0.3, 0.4) is 0 Å². The molecule has 1 aliphatic rings. The first-order valence-corrected chi connectivity index (χ1v) is 6.82. The second-order valence-electron chi connectivity index (χ2n) is 5.08. The molecule has 0 radical (unpaired) electrons. The quantitative estimate of drug-likeness (QED) is 0.592. The average Bonchev–Trinajstić information content (AvgIpc) is 2.38. The third kappa shape index (κ3) is 3.99. The van der Waals surface area contributed by atoms with Gasteiger partial charge in [-0.15, -0.1) is 0 Å². The van der Waals surface area contributed by atoms with Crippen LogP contribution in [0.25, 0.3) is 0 Å². The summed E-state index contributed by atoms with van der Waals surface area (Å²) in [5.74, 6) is 0.199. The smallest absolute Gasteiger partial charge is 0.332 e. The molecule has 2 rings (SSSR count). The maximum absolute atomic E-state index is 11.1. The molecule has 0 saturated carbocycles. The molecule has 1 unspecified atom stereocenters. The number of nitrogens with two attached hydrogens (primary N) is 1. The van der Waals surface area contributed by atoms with Crippen LogP contribution in [0.5, 0.6) is 0 Å². The van der Waals surface area contributed by atoms with E-state index in [1.807, 2.05) is 6.92 Å². The minimum absolute atomic E-state index is 0.00417. The number of nitrogens with one attached hydrogen (secondary N) is 1. The number of ether oxygens (including phenoxy) is 1. The van der Waals surface area contributed by atoms with Crippen LogP contribution in [0.2, 0.25) is 0 Å². The number of aryl methyl sites for hydroxylation is 1. The Balaban J connectivity index is 2.08. The number of aromatic nitrogens is 2. The van der Waals surface area contributed by atoms with Crippen LogP contribution in [0.4, 0.5) is 17.5 Å². The zero-order valence-electron chi connectivity index (χ0n) is 12.2. The third-order valence-electron chi connectivity index (χ3n) is 3.28. The summed E-state index contributed by atoms with van der Waals surface area (Å²) in [6, 6.07) is -0.00417. The van der Waals surface area contributed by atoms with Crippen molar-refractivity contribution in [3.8, 4) is 0 Å². The molecule has 116 valence electrons. The van der Waals surface area contributed by atoms with Crippen LogP contribution in [-0.2, 0) is 4.74 Å². The van der Waals surface area contributed by atoms with Crippen molar-refractivity contribution in [3.05, 3.63) is 15.8 Å². The molecule has 1 atom stereocenters. The van der Waals surface area contributed by atoms with E-state index in [1.165, 1.54) is 0 Å². The highest BCUT2D eigenvalue weighted by Gasteiger charge is 2.23. The van der Waals surface area contributed by atoms with Crippen molar-refractivity contribution in [1.82, 2.24) is 14.9 Å². The summed E-state index contributed by atoms with van der Waals surface area (Å²) < 4.78 is 5.29. The predicted octanol–water partition coefficient (Wildman–Crippen LogP) is 0.408. The van der Waals surface area contributed by atoms with Crippen LogP contribution in [0.15, 0.2) is 0 Å². The molecule has 1 aromatic heterocycles. The fourth-order valence-electron chi connectivity index (χ4n) is 2.36. The summed E-state index contributed by atoms with van der Waals surface area (Å²) in [4.78, 5) is 20.7. The minimum Gasteiger partial charge on any atom is -0.379 e. The Hall–Kier alpha value is -2.00. The molecule has 0 bridgehead atoms. The van der Waals surface area contributed by atoms with Gasteiger partial charge in [-0.2, -0.15) is 4.98 Å². The molecule has 0 aromatic carbocycles. The van der Waals surface area contributed by atoms with Crippen LogP contribution in [0, 0.1) is 17.0 Å². The highest BCUT2D eigenvalue weighted by Crippen LogP contribution is 2.26. The van der Waals surface area contributed by atoms with Crippen molar-refractivity contribution in [2.75, 3.05) is 43.9 Å². The molecule has 0 spiro atoms. The Kier molecular flexibility index (Phi) is 4.86. The van der Waals surface area contributed by atoms with Crippen LogP contribution < -0.4 is 11.1 Å². The Morgan fingerprint density at radius 2 is 2.14 bits per heavy atom. The SMILES string of the molecule is Cc1nc(N)nc(NC(C)CN2CCOCC2)c1[N+](=O)[O-]. The zero-order chi connectivity index (χ0) is 15.4. The van der Waals surface area contributed by atoms with E-state index < -0.39 is 4.92 Å². The van der Waals surface area contributed by atoms with E-state index in [0.29, 0.717) is 13.2 Å². The second kappa shape index (κ2) is 6.64. The molecule has 0 amide bonds.